The summed E-state index contributed by atoms with van der Waals surface area (Å²) < 4.78 is 27.5. The van der Waals surface area contributed by atoms with Crippen molar-refractivity contribution in [2.75, 3.05) is 11.9 Å². The van der Waals surface area contributed by atoms with Gasteiger partial charge in [-0.05, 0) is 26.0 Å². The van der Waals surface area contributed by atoms with Gasteiger partial charge < -0.3 is 10.6 Å². The van der Waals surface area contributed by atoms with Crippen molar-refractivity contribution in [1.82, 2.24) is 20.5 Å². The number of rotatable bonds is 5. The number of nitrogens with zero attached hydrogens (tertiary/aromatic N) is 2. The first kappa shape index (κ1) is 14.9. The van der Waals surface area contributed by atoms with Crippen LogP contribution in [0, 0.1) is 11.6 Å². The van der Waals surface area contributed by atoms with Crippen molar-refractivity contribution in [1.29, 1.82) is 0 Å². The maximum absolute atomic E-state index is 13.8. The Morgan fingerprint density at radius 2 is 2.05 bits per heavy atom. The van der Waals surface area contributed by atoms with Crippen LogP contribution >= 0.6 is 0 Å². The highest BCUT2D eigenvalue weighted by molar-refractivity contribution is 5.94. The molecule has 3 N–H and O–H groups in total. The van der Waals surface area contributed by atoms with E-state index in [4.69, 9.17) is 0 Å². The van der Waals surface area contributed by atoms with Crippen LogP contribution in [0.15, 0.2) is 18.5 Å². The molecule has 0 saturated heterocycles. The highest BCUT2D eigenvalue weighted by Crippen LogP contribution is 2.21. The quantitative estimate of drug-likeness (QED) is 0.788. The normalized spacial score (nSPS) is 12.0. The summed E-state index contributed by atoms with van der Waals surface area (Å²) in [6, 6.07) is 1.52. The zero-order valence-electron chi connectivity index (χ0n) is 11.6. The predicted molar refractivity (Wildman–Crippen MR) is 72.8 cm³/mol. The van der Waals surface area contributed by atoms with Crippen LogP contribution in [0.2, 0.25) is 0 Å². The van der Waals surface area contributed by atoms with Gasteiger partial charge in [0.1, 0.15) is 29.5 Å². The van der Waals surface area contributed by atoms with E-state index >= 15 is 0 Å². The Labute approximate surface area is 120 Å². The maximum Gasteiger partial charge on any atom is 0.252 e. The van der Waals surface area contributed by atoms with Gasteiger partial charge in [0.2, 0.25) is 0 Å². The molecule has 1 amide bonds. The second-order valence-electron chi connectivity index (χ2n) is 4.41. The highest BCUT2D eigenvalue weighted by atomic mass is 19.1. The van der Waals surface area contributed by atoms with Crippen molar-refractivity contribution in [3.63, 3.8) is 0 Å². The number of halogens is 2. The Morgan fingerprint density at radius 3 is 2.57 bits per heavy atom. The van der Waals surface area contributed by atoms with Crippen LogP contribution in [0.5, 0.6) is 0 Å². The van der Waals surface area contributed by atoms with Gasteiger partial charge in [-0.15, -0.1) is 0 Å². The van der Waals surface area contributed by atoms with Crippen LogP contribution in [0.3, 0.4) is 0 Å². The lowest BCUT2D eigenvalue weighted by Crippen LogP contribution is -2.27. The van der Waals surface area contributed by atoms with Crippen LogP contribution in [0.25, 0.3) is 0 Å². The molecule has 2 rings (SSSR count). The van der Waals surface area contributed by atoms with Crippen LogP contribution in [-0.4, -0.2) is 27.6 Å². The van der Waals surface area contributed by atoms with Gasteiger partial charge in [-0.1, -0.05) is 0 Å². The number of hydrogen-bond acceptors (Lipinski definition) is 4. The van der Waals surface area contributed by atoms with Crippen LogP contribution < -0.4 is 10.6 Å². The molecule has 0 bridgehead atoms. The highest BCUT2D eigenvalue weighted by Gasteiger charge is 2.17. The van der Waals surface area contributed by atoms with Crippen molar-refractivity contribution < 1.29 is 13.6 Å². The number of aromatic nitrogens is 3. The third-order valence-corrected chi connectivity index (χ3v) is 2.85. The van der Waals surface area contributed by atoms with Crippen molar-refractivity contribution >= 4 is 11.6 Å². The summed E-state index contributed by atoms with van der Waals surface area (Å²) in [7, 11) is 0. The zero-order valence-corrected chi connectivity index (χ0v) is 11.6. The van der Waals surface area contributed by atoms with Crippen LogP contribution in [0.1, 0.15) is 36.1 Å². The SMILES string of the molecule is CCNc1c(F)cc(C(=O)NC(C)c2ncn[nH]2)cc1F. The summed E-state index contributed by atoms with van der Waals surface area (Å²) >= 11 is 0. The fourth-order valence-corrected chi connectivity index (χ4v) is 1.82. The minimum absolute atomic E-state index is 0.0991. The number of anilines is 1. The van der Waals surface area contributed by atoms with Gasteiger partial charge in [0.15, 0.2) is 0 Å². The van der Waals surface area contributed by atoms with Gasteiger partial charge in [0.25, 0.3) is 5.91 Å². The lowest BCUT2D eigenvalue weighted by molar-refractivity contribution is 0.0937. The molecule has 0 spiro atoms. The van der Waals surface area contributed by atoms with E-state index in [9.17, 15) is 13.6 Å². The number of aromatic amines is 1. The number of nitrogens with one attached hydrogen (secondary N) is 3. The van der Waals surface area contributed by atoms with Crippen molar-refractivity contribution in [3.8, 4) is 0 Å². The standard InChI is InChI=1S/C13H15F2N5O/c1-3-16-11-9(14)4-8(5-10(11)15)13(21)19-7(2)12-17-6-18-20-12/h4-7,16H,3H2,1-2H3,(H,19,21)(H,17,18,20). The number of H-pyrrole nitrogens is 1. The first-order valence-corrected chi connectivity index (χ1v) is 6.42. The largest absolute Gasteiger partial charge is 0.381 e. The summed E-state index contributed by atoms with van der Waals surface area (Å²) in [4.78, 5) is 15.9. The molecule has 2 aromatic rings. The maximum atomic E-state index is 13.8. The molecule has 0 fully saturated rings. The van der Waals surface area contributed by atoms with E-state index in [-0.39, 0.29) is 11.3 Å². The molecular weight excluding hydrogens is 280 g/mol. The molecular formula is C13H15F2N5O. The van der Waals surface area contributed by atoms with Crippen molar-refractivity contribution in [2.24, 2.45) is 0 Å². The van der Waals surface area contributed by atoms with E-state index < -0.39 is 23.6 Å². The smallest absolute Gasteiger partial charge is 0.252 e. The number of carbonyl (C=O) groups excluding carboxylic acids is 1. The first-order valence-electron chi connectivity index (χ1n) is 6.42. The summed E-state index contributed by atoms with van der Waals surface area (Å²) in [6.45, 7) is 3.78. The van der Waals surface area contributed by atoms with Crippen LogP contribution in [-0.2, 0) is 0 Å². The molecule has 0 radical (unpaired) electrons. The number of amides is 1. The summed E-state index contributed by atoms with van der Waals surface area (Å²) in [6.07, 6.45) is 1.31. The number of carbonyl (C=O) groups is 1. The van der Waals surface area contributed by atoms with Crippen LogP contribution in [0.4, 0.5) is 14.5 Å². The molecule has 1 atom stereocenters. The molecule has 1 heterocycles. The Bertz CT molecular complexity index is 606. The lowest BCUT2D eigenvalue weighted by atomic mass is 10.1. The number of benzene rings is 1. The third kappa shape index (κ3) is 3.33. The molecule has 8 heteroatoms. The molecule has 0 aliphatic heterocycles. The fourth-order valence-electron chi connectivity index (χ4n) is 1.82. The molecule has 0 saturated carbocycles. The average Bonchev–Trinajstić information content (AvgIpc) is 2.96. The fraction of sp³-hybridized carbons (Fsp3) is 0.308. The summed E-state index contributed by atoms with van der Waals surface area (Å²) in [5.41, 5.74) is -0.338. The Morgan fingerprint density at radius 1 is 1.38 bits per heavy atom. The summed E-state index contributed by atoms with van der Waals surface area (Å²) in [5.74, 6) is -1.77. The van der Waals surface area contributed by atoms with E-state index in [0.29, 0.717) is 12.4 Å². The molecule has 1 aromatic carbocycles. The van der Waals surface area contributed by atoms with E-state index in [2.05, 4.69) is 25.8 Å². The average molecular weight is 295 g/mol. The Balaban J connectivity index is 2.16. The van der Waals surface area contributed by atoms with Crippen molar-refractivity contribution in [2.45, 2.75) is 19.9 Å². The van der Waals surface area contributed by atoms with E-state index in [1.54, 1.807) is 13.8 Å². The van der Waals surface area contributed by atoms with E-state index in [1.165, 1.54) is 6.33 Å². The molecule has 112 valence electrons. The van der Waals surface area contributed by atoms with Gasteiger partial charge in [0, 0.05) is 12.1 Å². The topological polar surface area (TPSA) is 82.7 Å². The summed E-state index contributed by atoms with van der Waals surface area (Å²) in [5, 5.41) is 11.4. The first-order chi connectivity index (χ1) is 10.0. The molecule has 1 unspecified atom stereocenters. The second kappa shape index (κ2) is 6.29. The number of hydrogen-bond donors (Lipinski definition) is 3. The van der Waals surface area contributed by atoms with E-state index in [0.717, 1.165) is 12.1 Å². The predicted octanol–water partition coefficient (Wildman–Crippen LogP) is 2.01. The van der Waals surface area contributed by atoms with Gasteiger partial charge in [0.05, 0.1) is 6.04 Å². The molecule has 0 aliphatic rings. The minimum Gasteiger partial charge on any atom is -0.381 e. The minimum atomic E-state index is -0.811. The Hall–Kier alpha value is -2.51. The van der Waals surface area contributed by atoms with Gasteiger partial charge in [-0.2, -0.15) is 5.10 Å². The zero-order chi connectivity index (χ0) is 15.4. The third-order valence-electron chi connectivity index (χ3n) is 2.85. The van der Waals surface area contributed by atoms with Gasteiger partial charge in [-0.3, -0.25) is 9.89 Å². The Kier molecular flexibility index (Phi) is 4.46. The van der Waals surface area contributed by atoms with Gasteiger partial charge >= 0.3 is 0 Å². The second-order valence-corrected chi connectivity index (χ2v) is 4.41. The van der Waals surface area contributed by atoms with Gasteiger partial charge in [-0.25, -0.2) is 13.8 Å². The molecule has 21 heavy (non-hydrogen) atoms. The molecule has 0 aliphatic carbocycles. The molecule has 1 aromatic heterocycles. The lowest BCUT2D eigenvalue weighted by Gasteiger charge is -2.12. The molecule has 6 nitrogen and oxygen atoms in total. The monoisotopic (exact) mass is 295 g/mol. The van der Waals surface area contributed by atoms with E-state index in [1.807, 2.05) is 0 Å². The van der Waals surface area contributed by atoms with Crippen molar-refractivity contribution in [3.05, 3.63) is 41.5 Å².